The molecule has 1 fully saturated rings. The number of amides is 3. The van der Waals surface area contributed by atoms with Crippen molar-refractivity contribution >= 4 is 35.3 Å². The van der Waals surface area contributed by atoms with Gasteiger partial charge in [0.05, 0.1) is 6.54 Å². The molecule has 0 saturated carbocycles. The van der Waals surface area contributed by atoms with Crippen LogP contribution in [0.25, 0.3) is 6.08 Å². The maximum Gasteiger partial charge on any atom is 0.328 e. The molecular formula is C14H16N2O4S. The molecule has 0 bridgehead atoms. The summed E-state index contributed by atoms with van der Waals surface area (Å²) < 4.78 is 0. The number of imide groups is 1. The lowest BCUT2D eigenvalue weighted by Gasteiger charge is -2.11. The number of rotatable bonds is 6. The van der Waals surface area contributed by atoms with Crippen molar-refractivity contribution in [1.82, 2.24) is 10.2 Å². The molecule has 0 radical (unpaired) electrons. The van der Waals surface area contributed by atoms with E-state index >= 15 is 0 Å². The summed E-state index contributed by atoms with van der Waals surface area (Å²) in [5, 5.41) is 11.2. The van der Waals surface area contributed by atoms with Crippen LogP contribution in [0.5, 0.6) is 0 Å². The molecule has 2 heterocycles. The highest BCUT2D eigenvalue weighted by Crippen LogP contribution is 2.22. The standard InChI is InChI=1S/C14H16N2O4S/c1-2-3-11-13(19)16(14(20)15-11)8-10-5-4-9(21-10)6-7-12(17)18/h4-7,11H,2-3,8H2,1H3,(H,15,20)(H,17,18). The fourth-order valence-electron chi connectivity index (χ4n) is 2.09. The number of carboxylic acids is 1. The number of aliphatic carboxylic acids is 1. The molecule has 1 saturated heterocycles. The number of urea groups is 1. The number of nitrogens with one attached hydrogen (secondary N) is 1. The summed E-state index contributed by atoms with van der Waals surface area (Å²) in [6, 6.07) is 2.77. The first-order valence-corrected chi connectivity index (χ1v) is 7.44. The van der Waals surface area contributed by atoms with E-state index in [1.807, 2.05) is 6.92 Å². The molecule has 7 heteroatoms. The van der Waals surface area contributed by atoms with E-state index in [4.69, 9.17) is 5.11 Å². The largest absolute Gasteiger partial charge is 0.478 e. The Kier molecular flexibility index (Phi) is 4.74. The molecule has 3 amide bonds. The Labute approximate surface area is 126 Å². The second kappa shape index (κ2) is 6.53. The summed E-state index contributed by atoms with van der Waals surface area (Å²) in [5.41, 5.74) is 0. The van der Waals surface area contributed by atoms with Crippen molar-refractivity contribution in [1.29, 1.82) is 0 Å². The third-order valence-corrected chi connectivity index (χ3v) is 4.11. The topological polar surface area (TPSA) is 86.7 Å². The van der Waals surface area contributed by atoms with Crippen molar-refractivity contribution in [2.24, 2.45) is 0 Å². The minimum absolute atomic E-state index is 0.196. The SMILES string of the molecule is CCCC1NC(=O)N(Cc2ccc(C=CC(=O)O)s2)C1=O. The lowest BCUT2D eigenvalue weighted by Crippen LogP contribution is -2.30. The number of hydrogen-bond donors (Lipinski definition) is 2. The molecule has 0 aliphatic carbocycles. The Bertz CT molecular complexity index is 594. The quantitative estimate of drug-likeness (QED) is 0.622. The minimum atomic E-state index is -1.01. The Hall–Kier alpha value is -2.15. The molecular weight excluding hydrogens is 292 g/mol. The summed E-state index contributed by atoms with van der Waals surface area (Å²) in [4.78, 5) is 37.2. The van der Waals surface area contributed by atoms with Gasteiger partial charge in [0, 0.05) is 15.8 Å². The van der Waals surface area contributed by atoms with E-state index in [1.54, 1.807) is 12.1 Å². The predicted octanol–water partition coefficient (Wildman–Crippen LogP) is 2.07. The highest BCUT2D eigenvalue weighted by molar-refractivity contribution is 7.12. The van der Waals surface area contributed by atoms with Crippen LogP contribution in [0.15, 0.2) is 18.2 Å². The van der Waals surface area contributed by atoms with E-state index in [1.165, 1.54) is 22.3 Å². The monoisotopic (exact) mass is 308 g/mol. The van der Waals surface area contributed by atoms with Gasteiger partial charge in [-0.25, -0.2) is 9.59 Å². The number of carbonyl (C=O) groups excluding carboxylic acids is 2. The number of carboxylic acid groups (broad SMARTS) is 1. The van der Waals surface area contributed by atoms with Gasteiger partial charge in [0.25, 0.3) is 5.91 Å². The molecule has 2 rings (SSSR count). The molecule has 1 unspecified atom stereocenters. The second-order valence-corrected chi connectivity index (χ2v) is 5.89. The second-order valence-electron chi connectivity index (χ2n) is 4.69. The molecule has 1 aromatic rings. The van der Waals surface area contributed by atoms with Gasteiger partial charge in [-0.2, -0.15) is 0 Å². The minimum Gasteiger partial charge on any atom is -0.478 e. The zero-order chi connectivity index (χ0) is 15.4. The molecule has 0 spiro atoms. The van der Waals surface area contributed by atoms with Crippen LogP contribution >= 0.6 is 11.3 Å². The fourth-order valence-corrected chi connectivity index (χ4v) is 2.99. The molecule has 1 aliphatic rings. The van der Waals surface area contributed by atoms with Gasteiger partial charge in [0.15, 0.2) is 0 Å². The number of hydrogen-bond acceptors (Lipinski definition) is 4. The van der Waals surface area contributed by atoms with Gasteiger partial charge in [0.2, 0.25) is 0 Å². The van der Waals surface area contributed by atoms with Crippen LogP contribution in [-0.4, -0.2) is 34.0 Å². The number of carbonyl (C=O) groups is 3. The zero-order valence-electron chi connectivity index (χ0n) is 11.5. The summed E-state index contributed by atoms with van der Waals surface area (Å²) in [6.07, 6.45) is 4.01. The third-order valence-electron chi connectivity index (χ3n) is 3.07. The van der Waals surface area contributed by atoms with Crippen molar-refractivity contribution in [3.05, 3.63) is 28.0 Å². The molecule has 1 atom stereocenters. The van der Waals surface area contributed by atoms with E-state index in [0.29, 0.717) is 6.42 Å². The molecule has 6 nitrogen and oxygen atoms in total. The van der Waals surface area contributed by atoms with Crippen molar-refractivity contribution < 1.29 is 19.5 Å². The molecule has 21 heavy (non-hydrogen) atoms. The van der Waals surface area contributed by atoms with E-state index in [0.717, 1.165) is 22.3 Å². The fraction of sp³-hybridized carbons (Fsp3) is 0.357. The van der Waals surface area contributed by atoms with Gasteiger partial charge in [-0.3, -0.25) is 9.69 Å². The highest BCUT2D eigenvalue weighted by atomic mass is 32.1. The van der Waals surface area contributed by atoms with E-state index in [-0.39, 0.29) is 18.5 Å². The normalized spacial score (nSPS) is 18.5. The first kappa shape index (κ1) is 15.2. The maximum atomic E-state index is 12.1. The van der Waals surface area contributed by atoms with Crippen LogP contribution in [0, 0.1) is 0 Å². The predicted molar refractivity (Wildman–Crippen MR) is 78.8 cm³/mol. The average Bonchev–Trinajstić information content (AvgIpc) is 2.98. The van der Waals surface area contributed by atoms with Crippen molar-refractivity contribution in [2.45, 2.75) is 32.4 Å². The number of thiophene rings is 1. The van der Waals surface area contributed by atoms with Crippen LogP contribution in [0.3, 0.4) is 0 Å². The Morgan fingerprint density at radius 1 is 1.48 bits per heavy atom. The zero-order valence-corrected chi connectivity index (χ0v) is 12.4. The summed E-state index contributed by atoms with van der Waals surface area (Å²) >= 11 is 1.36. The summed E-state index contributed by atoms with van der Waals surface area (Å²) in [6.45, 7) is 2.18. The van der Waals surface area contributed by atoms with Crippen molar-refractivity contribution in [3.8, 4) is 0 Å². The highest BCUT2D eigenvalue weighted by Gasteiger charge is 2.37. The average molecular weight is 308 g/mol. The first-order valence-electron chi connectivity index (χ1n) is 6.63. The van der Waals surface area contributed by atoms with Crippen molar-refractivity contribution in [2.75, 3.05) is 0 Å². The van der Waals surface area contributed by atoms with Gasteiger partial charge in [0.1, 0.15) is 6.04 Å². The van der Waals surface area contributed by atoms with Crippen molar-refractivity contribution in [3.63, 3.8) is 0 Å². The van der Waals surface area contributed by atoms with Gasteiger partial charge in [-0.1, -0.05) is 13.3 Å². The van der Waals surface area contributed by atoms with E-state index in [9.17, 15) is 14.4 Å². The third kappa shape index (κ3) is 3.69. The smallest absolute Gasteiger partial charge is 0.328 e. The molecule has 0 aromatic carbocycles. The van der Waals surface area contributed by atoms with E-state index < -0.39 is 12.0 Å². The van der Waals surface area contributed by atoms with Crippen LogP contribution in [0.4, 0.5) is 4.79 Å². The number of nitrogens with zero attached hydrogens (tertiary/aromatic N) is 1. The summed E-state index contributed by atoms with van der Waals surface area (Å²) in [5.74, 6) is -1.21. The lowest BCUT2D eigenvalue weighted by molar-refractivity contribution is -0.131. The molecule has 1 aliphatic heterocycles. The molecule has 112 valence electrons. The lowest BCUT2D eigenvalue weighted by atomic mass is 10.2. The molecule has 2 N–H and O–H groups in total. The Morgan fingerprint density at radius 2 is 2.24 bits per heavy atom. The van der Waals surface area contributed by atoms with Gasteiger partial charge in [-0.05, 0) is 24.6 Å². The van der Waals surface area contributed by atoms with Gasteiger partial charge >= 0.3 is 12.0 Å². The Morgan fingerprint density at radius 3 is 2.90 bits per heavy atom. The van der Waals surface area contributed by atoms with Crippen LogP contribution in [-0.2, 0) is 16.1 Å². The Balaban J connectivity index is 2.03. The van der Waals surface area contributed by atoms with Gasteiger partial charge < -0.3 is 10.4 Å². The first-order chi connectivity index (χ1) is 10.0. The molecule has 1 aromatic heterocycles. The van der Waals surface area contributed by atoms with Crippen LogP contribution < -0.4 is 5.32 Å². The maximum absolute atomic E-state index is 12.1. The van der Waals surface area contributed by atoms with Crippen LogP contribution in [0.2, 0.25) is 0 Å². The van der Waals surface area contributed by atoms with Crippen LogP contribution in [0.1, 0.15) is 29.5 Å². The summed E-state index contributed by atoms with van der Waals surface area (Å²) in [7, 11) is 0. The van der Waals surface area contributed by atoms with Gasteiger partial charge in [-0.15, -0.1) is 11.3 Å². The van der Waals surface area contributed by atoms with E-state index in [2.05, 4.69) is 5.32 Å².